The molecule has 1 saturated heterocycles. The number of nitrogens with zero attached hydrogens (tertiary/aromatic N) is 2. The fraction of sp³-hybridized carbons (Fsp3) is 0.800. The second-order valence-electron chi connectivity index (χ2n) is 4.60. The summed E-state index contributed by atoms with van der Waals surface area (Å²) in [5.41, 5.74) is -0.121. The highest BCUT2D eigenvalue weighted by Crippen LogP contribution is 2.28. The van der Waals surface area contributed by atoms with E-state index in [2.05, 4.69) is 29.4 Å². The summed E-state index contributed by atoms with van der Waals surface area (Å²) in [6.45, 7) is 6.27. The number of rotatable bonds is 5. The maximum atomic E-state index is 9.26. The van der Waals surface area contributed by atoms with Gasteiger partial charge in [-0.25, -0.2) is 0 Å². The molecule has 0 saturated carbocycles. The van der Waals surface area contributed by atoms with Crippen LogP contribution in [0, 0.1) is 5.41 Å². The molecule has 0 spiro atoms. The fourth-order valence-corrected chi connectivity index (χ4v) is 2.18. The van der Waals surface area contributed by atoms with Crippen LogP contribution in [0.2, 0.25) is 0 Å². The maximum Gasteiger partial charge on any atom is 0.205 e. The number of ether oxygens (including phenoxy) is 1. The van der Waals surface area contributed by atoms with Crippen LogP contribution in [-0.4, -0.2) is 41.7 Å². The molecule has 1 fully saturated rings. The van der Waals surface area contributed by atoms with E-state index in [4.69, 9.17) is 4.74 Å². The molecule has 0 unspecified atom stereocenters. The van der Waals surface area contributed by atoms with Crippen LogP contribution in [0.5, 0.6) is 0 Å². The predicted molar refractivity (Wildman–Crippen MR) is 62.8 cm³/mol. The number of aliphatic hydroxyl groups excluding tert-OH is 1. The van der Waals surface area contributed by atoms with Gasteiger partial charge in [-0.15, -0.1) is 10.2 Å². The summed E-state index contributed by atoms with van der Waals surface area (Å²) in [6, 6.07) is 0. The number of anilines is 1. The van der Waals surface area contributed by atoms with Gasteiger partial charge in [0.1, 0.15) is 5.01 Å². The van der Waals surface area contributed by atoms with Crippen LogP contribution in [-0.2, 0) is 4.74 Å². The van der Waals surface area contributed by atoms with Crippen molar-refractivity contribution in [2.45, 2.75) is 19.8 Å². The topological polar surface area (TPSA) is 67.3 Å². The highest BCUT2D eigenvalue weighted by molar-refractivity contribution is 7.15. The SMILES string of the molecule is CC(C)c1nnc(NCC2(CO)COC2)s1. The zero-order chi connectivity index (χ0) is 11.6. The Morgan fingerprint density at radius 3 is 2.69 bits per heavy atom. The van der Waals surface area contributed by atoms with Gasteiger partial charge >= 0.3 is 0 Å². The van der Waals surface area contributed by atoms with Crippen LogP contribution in [0.3, 0.4) is 0 Å². The third-order valence-corrected chi connectivity index (χ3v) is 3.88. The quantitative estimate of drug-likeness (QED) is 0.810. The first-order valence-electron chi connectivity index (χ1n) is 5.41. The summed E-state index contributed by atoms with van der Waals surface area (Å²) in [5, 5.41) is 22.5. The zero-order valence-electron chi connectivity index (χ0n) is 9.56. The smallest absolute Gasteiger partial charge is 0.205 e. The Kier molecular flexibility index (Phi) is 3.41. The molecule has 2 N–H and O–H groups in total. The second kappa shape index (κ2) is 4.65. The van der Waals surface area contributed by atoms with Crippen molar-refractivity contribution in [2.24, 2.45) is 5.41 Å². The highest BCUT2D eigenvalue weighted by atomic mass is 32.1. The maximum absolute atomic E-state index is 9.26. The van der Waals surface area contributed by atoms with Gasteiger partial charge in [-0.3, -0.25) is 0 Å². The van der Waals surface area contributed by atoms with Crippen molar-refractivity contribution in [3.8, 4) is 0 Å². The average Bonchev–Trinajstić information content (AvgIpc) is 2.65. The number of hydrogen-bond acceptors (Lipinski definition) is 6. The van der Waals surface area contributed by atoms with Gasteiger partial charge in [-0.2, -0.15) is 0 Å². The largest absolute Gasteiger partial charge is 0.396 e. The summed E-state index contributed by atoms with van der Waals surface area (Å²) < 4.78 is 5.13. The molecule has 1 aliphatic rings. The molecule has 2 rings (SSSR count). The normalized spacial score (nSPS) is 18.5. The van der Waals surface area contributed by atoms with Gasteiger partial charge < -0.3 is 15.2 Å². The fourth-order valence-electron chi connectivity index (χ4n) is 1.44. The van der Waals surface area contributed by atoms with Gasteiger partial charge in [0.2, 0.25) is 5.13 Å². The summed E-state index contributed by atoms with van der Waals surface area (Å²) in [6.07, 6.45) is 0. The van der Waals surface area contributed by atoms with Crippen LogP contribution in [0.15, 0.2) is 0 Å². The van der Waals surface area contributed by atoms with Gasteiger partial charge in [-0.1, -0.05) is 25.2 Å². The highest BCUT2D eigenvalue weighted by Gasteiger charge is 2.38. The van der Waals surface area contributed by atoms with Gasteiger partial charge in [-0.05, 0) is 0 Å². The van der Waals surface area contributed by atoms with Crippen LogP contribution in [0.4, 0.5) is 5.13 Å². The summed E-state index contributed by atoms with van der Waals surface area (Å²) in [4.78, 5) is 0. The van der Waals surface area contributed by atoms with E-state index in [1.54, 1.807) is 11.3 Å². The number of aromatic nitrogens is 2. The molecule has 1 aromatic heterocycles. The van der Waals surface area contributed by atoms with Crippen LogP contribution < -0.4 is 5.32 Å². The van der Waals surface area contributed by atoms with E-state index >= 15 is 0 Å². The van der Waals surface area contributed by atoms with E-state index in [-0.39, 0.29) is 12.0 Å². The number of hydrogen-bond donors (Lipinski definition) is 2. The standard InChI is InChI=1S/C10H17N3O2S/c1-7(2)8-12-13-9(16-8)11-3-10(4-14)5-15-6-10/h7,14H,3-6H2,1-2H3,(H,11,13). The van der Waals surface area contributed by atoms with Gasteiger partial charge in [0.25, 0.3) is 0 Å². The van der Waals surface area contributed by atoms with Gasteiger partial charge in [0.15, 0.2) is 0 Å². The molecule has 5 nitrogen and oxygen atoms in total. The van der Waals surface area contributed by atoms with Crippen molar-refractivity contribution in [1.82, 2.24) is 10.2 Å². The van der Waals surface area contributed by atoms with Crippen LogP contribution >= 0.6 is 11.3 Å². The lowest BCUT2D eigenvalue weighted by Gasteiger charge is -2.39. The van der Waals surface area contributed by atoms with Crippen molar-refractivity contribution in [3.63, 3.8) is 0 Å². The van der Waals surface area contributed by atoms with Crippen molar-refractivity contribution in [2.75, 3.05) is 31.7 Å². The molecule has 2 heterocycles. The Bertz CT molecular complexity index is 344. The Morgan fingerprint density at radius 1 is 1.50 bits per heavy atom. The molecule has 0 radical (unpaired) electrons. The monoisotopic (exact) mass is 243 g/mol. The summed E-state index contributed by atoms with van der Waals surface area (Å²) in [7, 11) is 0. The second-order valence-corrected chi connectivity index (χ2v) is 5.61. The number of aliphatic hydroxyl groups is 1. The van der Waals surface area contributed by atoms with Crippen molar-refractivity contribution >= 4 is 16.5 Å². The van der Waals surface area contributed by atoms with Crippen molar-refractivity contribution in [3.05, 3.63) is 5.01 Å². The van der Waals surface area contributed by atoms with Crippen molar-refractivity contribution < 1.29 is 9.84 Å². The van der Waals surface area contributed by atoms with E-state index < -0.39 is 0 Å². The third kappa shape index (κ3) is 2.34. The average molecular weight is 243 g/mol. The molecule has 0 atom stereocenters. The molecular weight excluding hydrogens is 226 g/mol. The van der Waals surface area contributed by atoms with Gasteiger partial charge in [0, 0.05) is 12.5 Å². The Hall–Kier alpha value is -0.720. The summed E-state index contributed by atoms with van der Waals surface area (Å²) in [5.74, 6) is 0.409. The van der Waals surface area contributed by atoms with Crippen LogP contribution in [0.1, 0.15) is 24.8 Å². The zero-order valence-corrected chi connectivity index (χ0v) is 10.4. The molecule has 0 aliphatic carbocycles. The first kappa shape index (κ1) is 11.8. The molecule has 0 bridgehead atoms. The Balaban J connectivity index is 1.89. The molecular formula is C10H17N3O2S. The molecule has 16 heavy (non-hydrogen) atoms. The van der Waals surface area contributed by atoms with E-state index in [0.717, 1.165) is 10.1 Å². The minimum absolute atomic E-state index is 0.121. The third-order valence-electron chi connectivity index (χ3n) is 2.70. The first-order valence-corrected chi connectivity index (χ1v) is 6.23. The van der Waals surface area contributed by atoms with Gasteiger partial charge in [0.05, 0.1) is 25.2 Å². The molecule has 1 aromatic rings. The molecule has 90 valence electrons. The minimum Gasteiger partial charge on any atom is -0.396 e. The van der Waals surface area contributed by atoms with E-state index in [9.17, 15) is 5.11 Å². The molecule has 0 aromatic carbocycles. The Labute approximate surface area is 98.9 Å². The molecule has 0 amide bonds. The first-order chi connectivity index (χ1) is 7.65. The van der Waals surface area contributed by atoms with E-state index in [1.807, 2.05) is 0 Å². The molecule has 6 heteroatoms. The van der Waals surface area contributed by atoms with Crippen LogP contribution in [0.25, 0.3) is 0 Å². The lowest BCUT2D eigenvalue weighted by atomic mass is 9.87. The van der Waals surface area contributed by atoms with E-state index in [1.165, 1.54) is 0 Å². The predicted octanol–water partition coefficient (Wildman–Crippen LogP) is 1.08. The minimum atomic E-state index is -0.121. The lowest BCUT2D eigenvalue weighted by Crippen LogP contribution is -2.50. The van der Waals surface area contributed by atoms with E-state index in [0.29, 0.717) is 25.7 Å². The Morgan fingerprint density at radius 2 is 2.25 bits per heavy atom. The summed E-state index contributed by atoms with van der Waals surface area (Å²) >= 11 is 1.57. The number of nitrogens with one attached hydrogen (secondary N) is 1. The lowest BCUT2D eigenvalue weighted by molar-refractivity contribution is -0.128. The van der Waals surface area contributed by atoms with Crippen molar-refractivity contribution in [1.29, 1.82) is 0 Å². The molecule has 1 aliphatic heterocycles.